The lowest BCUT2D eigenvalue weighted by atomic mass is 10.0. The van der Waals surface area contributed by atoms with Crippen LogP contribution in [0.4, 0.5) is 0 Å². The summed E-state index contributed by atoms with van der Waals surface area (Å²) in [4.78, 5) is 32.5. The molecular weight excluding hydrogens is 492 g/mol. The first-order valence-corrected chi connectivity index (χ1v) is 13.4. The maximum Gasteiger partial charge on any atom is 0.338 e. The largest absolute Gasteiger partial charge is 0.493 e. The molecule has 4 aromatic rings. The molecular formula is C28H26N2O4S2. The van der Waals surface area contributed by atoms with Crippen molar-refractivity contribution in [2.24, 2.45) is 10.9 Å². The number of carbonyl (C=O) groups excluding carboxylic acids is 1. The number of nitrogens with zero attached hydrogens (tertiary/aromatic N) is 2. The molecule has 3 heterocycles. The molecule has 1 aliphatic heterocycles. The van der Waals surface area contributed by atoms with E-state index in [1.807, 2.05) is 60.0 Å². The average molecular weight is 519 g/mol. The summed E-state index contributed by atoms with van der Waals surface area (Å²) >= 11 is 2.82. The van der Waals surface area contributed by atoms with Crippen LogP contribution in [-0.4, -0.2) is 24.3 Å². The van der Waals surface area contributed by atoms with E-state index in [0.717, 1.165) is 27.0 Å². The van der Waals surface area contributed by atoms with Crippen molar-refractivity contribution in [1.29, 1.82) is 0 Å². The average Bonchev–Trinajstić information content (AvgIpc) is 3.51. The maximum absolute atomic E-state index is 13.8. The maximum atomic E-state index is 13.8. The second kappa shape index (κ2) is 9.87. The van der Waals surface area contributed by atoms with E-state index in [1.54, 1.807) is 11.5 Å². The third kappa shape index (κ3) is 4.31. The van der Waals surface area contributed by atoms with Gasteiger partial charge in [0.25, 0.3) is 5.56 Å². The summed E-state index contributed by atoms with van der Waals surface area (Å²) in [7, 11) is 1.35. The summed E-state index contributed by atoms with van der Waals surface area (Å²) < 4.78 is 13.3. The Bertz CT molecular complexity index is 1660. The molecule has 0 bridgehead atoms. The Morgan fingerprint density at radius 1 is 1.14 bits per heavy atom. The van der Waals surface area contributed by atoms with Gasteiger partial charge in [0.15, 0.2) is 4.80 Å². The molecule has 36 heavy (non-hydrogen) atoms. The number of carbonyl (C=O) groups is 1. The van der Waals surface area contributed by atoms with Gasteiger partial charge in [-0.15, -0.1) is 11.3 Å². The summed E-state index contributed by atoms with van der Waals surface area (Å²) in [6.45, 7) is 6.65. The van der Waals surface area contributed by atoms with Crippen LogP contribution < -0.4 is 19.6 Å². The monoisotopic (exact) mass is 518 g/mol. The van der Waals surface area contributed by atoms with E-state index in [9.17, 15) is 9.59 Å². The highest BCUT2D eigenvalue weighted by Crippen LogP contribution is 2.33. The van der Waals surface area contributed by atoms with Crippen molar-refractivity contribution >= 4 is 45.5 Å². The van der Waals surface area contributed by atoms with Gasteiger partial charge in [-0.2, -0.15) is 0 Å². The van der Waals surface area contributed by atoms with Gasteiger partial charge in [-0.1, -0.05) is 61.6 Å². The van der Waals surface area contributed by atoms with E-state index in [0.29, 0.717) is 33.1 Å². The highest BCUT2D eigenvalue weighted by atomic mass is 32.1. The molecule has 0 saturated heterocycles. The number of ether oxygens (including phenoxy) is 2. The zero-order valence-corrected chi connectivity index (χ0v) is 22.1. The van der Waals surface area contributed by atoms with Crippen molar-refractivity contribution in [3.63, 3.8) is 0 Å². The van der Waals surface area contributed by atoms with E-state index in [1.165, 1.54) is 29.8 Å². The molecule has 1 atom stereocenters. The van der Waals surface area contributed by atoms with Crippen molar-refractivity contribution in [3.05, 3.63) is 95.3 Å². The number of methoxy groups -OCH3 is 1. The van der Waals surface area contributed by atoms with Gasteiger partial charge in [-0.3, -0.25) is 9.36 Å². The fraction of sp³-hybridized carbons (Fsp3) is 0.250. The molecule has 8 heteroatoms. The van der Waals surface area contributed by atoms with Gasteiger partial charge in [0.05, 0.1) is 29.5 Å². The van der Waals surface area contributed by atoms with Crippen LogP contribution in [0.1, 0.15) is 37.3 Å². The Kier molecular flexibility index (Phi) is 6.64. The number of aromatic nitrogens is 1. The van der Waals surface area contributed by atoms with Crippen molar-refractivity contribution in [1.82, 2.24) is 4.57 Å². The van der Waals surface area contributed by atoms with E-state index in [2.05, 4.69) is 18.8 Å². The molecule has 0 amide bonds. The fourth-order valence-electron chi connectivity index (χ4n) is 4.35. The van der Waals surface area contributed by atoms with E-state index in [4.69, 9.17) is 9.47 Å². The Morgan fingerprint density at radius 2 is 1.92 bits per heavy atom. The van der Waals surface area contributed by atoms with Crippen LogP contribution in [0.3, 0.4) is 0 Å². The highest BCUT2D eigenvalue weighted by Gasteiger charge is 2.33. The number of esters is 1. The molecule has 0 fully saturated rings. The number of allylic oxidation sites excluding steroid dienone is 1. The number of thiophene rings is 1. The van der Waals surface area contributed by atoms with Crippen molar-refractivity contribution in [2.75, 3.05) is 13.7 Å². The smallest absolute Gasteiger partial charge is 0.338 e. The lowest BCUT2D eigenvalue weighted by Crippen LogP contribution is -2.39. The van der Waals surface area contributed by atoms with Gasteiger partial charge in [0.2, 0.25) is 0 Å². The molecule has 5 rings (SSSR count). The zero-order valence-electron chi connectivity index (χ0n) is 20.5. The van der Waals surface area contributed by atoms with Gasteiger partial charge in [-0.05, 0) is 47.4 Å². The normalized spacial score (nSPS) is 15.8. The second-order valence-corrected chi connectivity index (χ2v) is 11.0. The number of benzene rings is 2. The standard InChI is InChI=1S/C28H26N2O4S2/c1-16(2)15-34-21-12-11-18(19-8-5-6-9-20(19)21)14-23-26(31)30-25(22-10-7-13-35-22)24(27(32)33-4)17(3)29-28(30)36-23/h5-14,16,25H,15H2,1-4H3. The molecule has 6 nitrogen and oxygen atoms in total. The Hall–Kier alpha value is -3.49. The zero-order chi connectivity index (χ0) is 25.4. The Morgan fingerprint density at radius 3 is 2.61 bits per heavy atom. The third-order valence-electron chi connectivity index (χ3n) is 6.02. The summed E-state index contributed by atoms with van der Waals surface area (Å²) in [5.74, 6) is 0.764. The number of hydrogen-bond donors (Lipinski definition) is 0. The molecule has 0 saturated carbocycles. The van der Waals surface area contributed by atoms with Crippen LogP contribution in [0, 0.1) is 5.92 Å². The van der Waals surface area contributed by atoms with E-state index < -0.39 is 12.0 Å². The minimum atomic E-state index is -0.570. The predicted molar refractivity (Wildman–Crippen MR) is 144 cm³/mol. The van der Waals surface area contributed by atoms with Crippen LogP contribution >= 0.6 is 22.7 Å². The van der Waals surface area contributed by atoms with Crippen molar-refractivity contribution in [3.8, 4) is 5.75 Å². The van der Waals surface area contributed by atoms with Crippen molar-refractivity contribution < 1.29 is 14.3 Å². The van der Waals surface area contributed by atoms with Gasteiger partial charge >= 0.3 is 5.97 Å². The molecule has 0 aliphatic carbocycles. The summed E-state index contributed by atoms with van der Waals surface area (Å²) in [5, 5.41) is 3.94. The number of thiazole rings is 1. The van der Waals surface area contributed by atoms with Crippen LogP contribution in [0.5, 0.6) is 5.75 Å². The van der Waals surface area contributed by atoms with Gasteiger partial charge in [-0.25, -0.2) is 9.79 Å². The molecule has 0 radical (unpaired) electrons. The molecule has 1 unspecified atom stereocenters. The second-order valence-electron chi connectivity index (χ2n) is 8.99. The molecule has 2 aromatic heterocycles. The van der Waals surface area contributed by atoms with Gasteiger partial charge in [0, 0.05) is 10.3 Å². The molecule has 2 aromatic carbocycles. The number of fused-ring (bicyclic) bond motifs is 2. The lowest BCUT2D eigenvalue weighted by Gasteiger charge is -2.22. The number of hydrogen-bond acceptors (Lipinski definition) is 7. The molecule has 1 aliphatic rings. The SMILES string of the molecule is COC(=O)C1=C(C)N=c2sc(=Cc3ccc(OCC(C)C)c4ccccc34)c(=O)n2C1c1cccs1. The van der Waals surface area contributed by atoms with Crippen LogP contribution in [0.25, 0.3) is 16.8 Å². The minimum Gasteiger partial charge on any atom is -0.493 e. The van der Waals surface area contributed by atoms with Crippen LogP contribution in [0.2, 0.25) is 0 Å². The van der Waals surface area contributed by atoms with Crippen molar-refractivity contribution in [2.45, 2.75) is 26.8 Å². The topological polar surface area (TPSA) is 69.9 Å². The van der Waals surface area contributed by atoms with Crippen LogP contribution in [0.15, 0.2) is 75.0 Å². The predicted octanol–water partition coefficient (Wildman–Crippen LogP) is 4.66. The van der Waals surface area contributed by atoms with E-state index >= 15 is 0 Å². The van der Waals surface area contributed by atoms with Gasteiger partial charge < -0.3 is 9.47 Å². The Balaban J connectivity index is 1.68. The first-order chi connectivity index (χ1) is 17.4. The molecule has 0 N–H and O–H groups in total. The minimum absolute atomic E-state index is 0.185. The lowest BCUT2D eigenvalue weighted by molar-refractivity contribution is -0.136. The summed E-state index contributed by atoms with van der Waals surface area (Å²) in [5.41, 5.74) is 1.68. The molecule has 184 valence electrons. The highest BCUT2D eigenvalue weighted by molar-refractivity contribution is 7.10. The third-order valence-corrected chi connectivity index (χ3v) is 7.92. The first-order valence-electron chi connectivity index (χ1n) is 11.7. The fourth-order valence-corrected chi connectivity index (χ4v) is 6.21. The quantitative estimate of drug-likeness (QED) is 0.348. The number of rotatable bonds is 6. The van der Waals surface area contributed by atoms with E-state index in [-0.39, 0.29) is 5.56 Å². The summed E-state index contributed by atoms with van der Waals surface area (Å²) in [6, 6.07) is 15.3. The van der Waals surface area contributed by atoms with Crippen LogP contribution in [-0.2, 0) is 9.53 Å². The molecule has 0 spiro atoms. The van der Waals surface area contributed by atoms with Gasteiger partial charge in [0.1, 0.15) is 11.8 Å². The first kappa shape index (κ1) is 24.2. The Labute approximate surface area is 216 Å². The summed E-state index contributed by atoms with van der Waals surface area (Å²) in [6.07, 6.45) is 1.90.